The average molecular weight is 492 g/mol. The molecule has 35 heavy (non-hydrogen) atoms. The molecule has 1 fully saturated rings. The van der Waals surface area contributed by atoms with E-state index in [1.807, 2.05) is 29.2 Å². The molecule has 0 spiro atoms. The summed E-state index contributed by atoms with van der Waals surface area (Å²) in [5.41, 5.74) is 2.54. The topological polar surface area (TPSA) is 99.3 Å². The summed E-state index contributed by atoms with van der Waals surface area (Å²) in [5.74, 6) is 0.113. The molecule has 2 heterocycles. The second-order valence-corrected chi connectivity index (χ2v) is 9.32. The highest BCUT2D eigenvalue weighted by molar-refractivity contribution is 6.31. The summed E-state index contributed by atoms with van der Waals surface area (Å²) in [6.07, 6.45) is 3.10. The van der Waals surface area contributed by atoms with Crippen LogP contribution in [0.5, 0.6) is 0 Å². The number of nitrogens with zero attached hydrogens (tertiary/aromatic N) is 5. The van der Waals surface area contributed by atoms with Crippen molar-refractivity contribution in [1.29, 1.82) is 5.26 Å². The molecule has 0 N–H and O–H groups in total. The normalized spacial score (nSPS) is 14.1. The number of likely N-dealkylation sites (tertiary alicyclic amines) is 1. The summed E-state index contributed by atoms with van der Waals surface area (Å²) in [7, 11) is 1.65. The highest BCUT2D eigenvalue weighted by Crippen LogP contribution is 2.29. The Labute approximate surface area is 208 Å². The molecule has 0 atom stereocenters. The van der Waals surface area contributed by atoms with Gasteiger partial charge in [-0.1, -0.05) is 23.7 Å². The molecule has 0 radical (unpaired) electrons. The molecule has 1 aliphatic rings. The molecule has 3 aromatic rings. The Balaban J connectivity index is 1.49. The molecule has 1 aliphatic heterocycles. The zero-order valence-electron chi connectivity index (χ0n) is 19.7. The molecule has 8 nitrogen and oxygen atoms in total. The third kappa shape index (κ3) is 5.36. The van der Waals surface area contributed by atoms with Gasteiger partial charge in [0.1, 0.15) is 12.6 Å². The molecule has 4 rings (SSSR count). The van der Waals surface area contributed by atoms with E-state index in [0.717, 1.165) is 24.0 Å². The largest absolute Gasteiger partial charge is 0.343 e. The first kappa shape index (κ1) is 24.4. The van der Waals surface area contributed by atoms with Crippen LogP contribution in [-0.2, 0) is 22.7 Å². The van der Waals surface area contributed by atoms with Gasteiger partial charge in [-0.15, -0.1) is 0 Å². The Kier molecular flexibility index (Phi) is 7.17. The fourth-order valence-electron chi connectivity index (χ4n) is 4.45. The van der Waals surface area contributed by atoms with Crippen LogP contribution in [0, 0.1) is 11.3 Å². The maximum absolute atomic E-state index is 13.2. The van der Waals surface area contributed by atoms with Crippen LogP contribution in [0.3, 0.4) is 0 Å². The highest BCUT2D eigenvalue weighted by atomic mass is 35.5. The van der Waals surface area contributed by atoms with Crippen molar-refractivity contribution in [3.8, 4) is 6.07 Å². The van der Waals surface area contributed by atoms with Crippen molar-refractivity contribution in [2.75, 3.05) is 20.1 Å². The van der Waals surface area contributed by atoms with Crippen LogP contribution in [0.4, 0.5) is 0 Å². The van der Waals surface area contributed by atoms with Gasteiger partial charge in [0.15, 0.2) is 0 Å². The third-order valence-corrected chi connectivity index (χ3v) is 6.88. The van der Waals surface area contributed by atoms with Crippen molar-refractivity contribution in [1.82, 2.24) is 19.4 Å². The minimum atomic E-state index is -0.263. The van der Waals surface area contributed by atoms with Crippen LogP contribution >= 0.6 is 11.6 Å². The van der Waals surface area contributed by atoms with Gasteiger partial charge in [0.05, 0.1) is 27.8 Å². The summed E-state index contributed by atoms with van der Waals surface area (Å²) in [5, 5.41) is 9.83. The number of piperidine rings is 1. The van der Waals surface area contributed by atoms with E-state index in [9.17, 15) is 14.4 Å². The Morgan fingerprint density at radius 1 is 1.20 bits per heavy atom. The standard InChI is InChI=1S/C26H26ClN5O3/c1-17(33)31-9-7-19(8-10-31)20-5-6-24-22(12-20)26(35)32(16-29-24)15-25(34)30(2)14-18-3-4-21(13-28)23(27)11-18/h3-6,11-12,16,19H,7-10,14-15H2,1-2H3. The number of hydrogen-bond donors (Lipinski definition) is 0. The number of benzene rings is 2. The lowest BCUT2D eigenvalue weighted by molar-refractivity contribution is -0.131. The molecular formula is C26H26ClN5O3. The summed E-state index contributed by atoms with van der Waals surface area (Å²) in [6, 6.07) is 12.8. The number of halogens is 1. The Hall–Kier alpha value is -3.70. The van der Waals surface area contributed by atoms with Gasteiger partial charge in [-0.2, -0.15) is 5.26 Å². The molecule has 2 amide bonds. The minimum absolute atomic E-state index is 0.0889. The van der Waals surface area contributed by atoms with Gasteiger partial charge in [-0.3, -0.25) is 19.0 Å². The van der Waals surface area contributed by atoms with E-state index in [1.54, 1.807) is 32.2 Å². The van der Waals surface area contributed by atoms with Gasteiger partial charge < -0.3 is 9.80 Å². The number of hydrogen-bond acceptors (Lipinski definition) is 5. The maximum Gasteiger partial charge on any atom is 0.261 e. The molecule has 9 heteroatoms. The molecule has 0 saturated carbocycles. The third-order valence-electron chi connectivity index (χ3n) is 6.56. The summed E-state index contributed by atoms with van der Waals surface area (Å²) in [6.45, 7) is 3.16. The van der Waals surface area contributed by atoms with E-state index in [1.165, 1.54) is 15.8 Å². The fourth-order valence-corrected chi connectivity index (χ4v) is 4.69. The lowest BCUT2D eigenvalue weighted by atomic mass is 9.89. The Bertz CT molecular complexity index is 1390. The molecule has 1 saturated heterocycles. The highest BCUT2D eigenvalue weighted by Gasteiger charge is 2.22. The van der Waals surface area contributed by atoms with E-state index >= 15 is 0 Å². The first-order valence-corrected chi connectivity index (χ1v) is 11.8. The van der Waals surface area contributed by atoms with Crippen molar-refractivity contribution in [2.45, 2.75) is 38.8 Å². The Morgan fingerprint density at radius 2 is 1.94 bits per heavy atom. The number of carbonyl (C=O) groups is 2. The zero-order valence-corrected chi connectivity index (χ0v) is 20.5. The fraction of sp³-hybridized carbons (Fsp3) is 0.346. The number of likely N-dealkylation sites (N-methyl/N-ethyl adjacent to an activating group) is 1. The average Bonchev–Trinajstić information content (AvgIpc) is 2.85. The molecule has 2 aromatic carbocycles. The first-order valence-electron chi connectivity index (χ1n) is 11.4. The predicted molar refractivity (Wildman–Crippen MR) is 133 cm³/mol. The number of fused-ring (bicyclic) bond motifs is 1. The van der Waals surface area contributed by atoms with Crippen LogP contribution in [0.2, 0.25) is 5.02 Å². The summed E-state index contributed by atoms with van der Waals surface area (Å²) in [4.78, 5) is 45.4. The van der Waals surface area contributed by atoms with Gasteiger partial charge in [-0.25, -0.2) is 4.98 Å². The quantitative estimate of drug-likeness (QED) is 0.545. The van der Waals surface area contributed by atoms with Crippen LogP contribution < -0.4 is 5.56 Å². The van der Waals surface area contributed by atoms with Crippen molar-refractivity contribution in [3.05, 3.63) is 74.8 Å². The van der Waals surface area contributed by atoms with Crippen molar-refractivity contribution in [2.24, 2.45) is 0 Å². The van der Waals surface area contributed by atoms with Crippen LogP contribution in [0.25, 0.3) is 10.9 Å². The van der Waals surface area contributed by atoms with Crippen LogP contribution in [0.15, 0.2) is 47.5 Å². The molecule has 0 unspecified atom stereocenters. The molecule has 180 valence electrons. The van der Waals surface area contributed by atoms with E-state index in [0.29, 0.717) is 41.1 Å². The van der Waals surface area contributed by atoms with Crippen molar-refractivity contribution in [3.63, 3.8) is 0 Å². The summed E-state index contributed by atoms with van der Waals surface area (Å²) >= 11 is 6.09. The van der Waals surface area contributed by atoms with Gasteiger partial charge in [0.25, 0.3) is 5.56 Å². The molecule has 0 bridgehead atoms. The lowest BCUT2D eigenvalue weighted by Crippen LogP contribution is -2.36. The molecule has 0 aliphatic carbocycles. The second kappa shape index (κ2) is 10.3. The Morgan fingerprint density at radius 3 is 2.60 bits per heavy atom. The maximum atomic E-state index is 13.2. The monoisotopic (exact) mass is 491 g/mol. The molecule has 1 aromatic heterocycles. The minimum Gasteiger partial charge on any atom is -0.343 e. The van der Waals surface area contributed by atoms with Gasteiger partial charge in [0, 0.05) is 33.6 Å². The van der Waals surface area contributed by atoms with E-state index in [4.69, 9.17) is 16.9 Å². The molecular weight excluding hydrogens is 466 g/mol. The number of aromatic nitrogens is 2. The smallest absolute Gasteiger partial charge is 0.261 e. The predicted octanol–water partition coefficient (Wildman–Crippen LogP) is 3.31. The number of nitriles is 1. The first-order chi connectivity index (χ1) is 16.8. The summed E-state index contributed by atoms with van der Waals surface area (Å²) < 4.78 is 1.33. The van der Waals surface area contributed by atoms with Gasteiger partial charge in [0.2, 0.25) is 11.8 Å². The SMILES string of the molecule is CC(=O)N1CCC(c2ccc3ncn(CC(=O)N(C)Cc4ccc(C#N)c(Cl)c4)c(=O)c3c2)CC1. The van der Waals surface area contributed by atoms with Crippen LogP contribution in [-0.4, -0.2) is 51.3 Å². The van der Waals surface area contributed by atoms with Crippen molar-refractivity contribution < 1.29 is 9.59 Å². The van der Waals surface area contributed by atoms with Crippen molar-refractivity contribution >= 4 is 34.3 Å². The second-order valence-electron chi connectivity index (χ2n) is 8.91. The lowest BCUT2D eigenvalue weighted by Gasteiger charge is -2.31. The van der Waals surface area contributed by atoms with Crippen LogP contribution in [0.1, 0.15) is 42.4 Å². The van der Waals surface area contributed by atoms with E-state index in [-0.39, 0.29) is 29.8 Å². The number of rotatable bonds is 5. The van der Waals surface area contributed by atoms with Gasteiger partial charge in [-0.05, 0) is 54.2 Å². The zero-order chi connectivity index (χ0) is 25.1. The van der Waals surface area contributed by atoms with E-state index in [2.05, 4.69) is 4.98 Å². The number of amides is 2. The van der Waals surface area contributed by atoms with E-state index < -0.39 is 0 Å². The van der Waals surface area contributed by atoms with Gasteiger partial charge >= 0.3 is 0 Å². The number of carbonyl (C=O) groups excluding carboxylic acids is 2.